The summed E-state index contributed by atoms with van der Waals surface area (Å²) < 4.78 is 37.6. The highest BCUT2D eigenvalue weighted by Gasteiger charge is 2.31. The molecule has 2 rings (SSSR count). The van der Waals surface area contributed by atoms with E-state index in [0.29, 0.717) is 18.7 Å². The molecule has 1 amide bonds. The third-order valence-electron chi connectivity index (χ3n) is 4.12. The summed E-state index contributed by atoms with van der Waals surface area (Å²) in [5, 5.41) is 5.59. The molecule has 1 heterocycles. The van der Waals surface area contributed by atoms with Gasteiger partial charge in [0.05, 0.1) is 10.6 Å². The number of rotatable bonds is 6. The topological polar surface area (TPSA) is 80.0 Å². The van der Waals surface area contributed by atoms with Gasteiger partial charge in [0.25, 0.3) is 0 Å². The van der Waals surface area contributed by atoms with E-state index in [0.717, 1.165) is 25.3 Å². The summed E-state index contributed by atoms with van der Waals surface area (Å²) in [4.78, 5) is 15.6. The molecule has 0 saturated heterocycles. The number of carbonyl (C=O) groups is 1. The second-order valence-corrected chi connectivity index (χ2v) is 6.24. The monoisotopic (exact) mass is 364 g/mol. The van der Waals surface area contributed by atoms with Crippen LogP contribution in [-0.2, 0) is 11.0 Å². The molecule has 0 radical (unpaired) electrons. The van der Waals surface area contributed by atoms with Gasteiger partial charge in [-0.2, -0.15) is 13.2 Å². The van der Waals surface area contributed by atoms with Crippen LogP contribution in [0.25, 0.3) is 0 Å². The van der Waals surface area contributed by atoms with Crippen LogP contribution in [0, 0.1) is 5.92 Å². The molecule has 0 spiro atoms. The number of halogens is 4. The summed E-state index contributed by atoms with van der Waals surface area (Å²) in [5.41, 5.74) is 4.76. The molecule has 9 heteroatoms. The third kappa shape index (κ3) is 4.98. The van der Waals surface area contributed by atoms with Gasteiger partial charge in [-0.05, 0) is 31.4 Å². The molecule has 0 aromatic carbocycles. The Morgan fingerprint density at radius 1 is 1.42 bits per heavy atom. The lowest BCUT2D eigenvalue weighted by molar-refractivity contribution is -0.137. The van der Waals surface area contributed by atoms with Crippen LogP contribution in [-0.4, -0.2) is 30.0 Å². The second kappa shape index (κ2) is 8.02. The van der Waals surface area contributed by atoms with E-state index in [1.807, 2.05) is 0 Å². The van der Waals surface area contributed by atoms with Crippen LogP contribution in [0.5, 0.6) is 0 Å². The Bertz CT molecular complexity index is 582. The molecule has 2 atom stereocenters. The van der Waals surface area contributed by atoms with Crippen LogP contribution < -0.4 is 16.4 Å². The minimum Gasteiger partial charge on any atom is -0.368 e. The SMILES string of the molecule is NCC1CCCC1NC(=O)CCNc1ncc(C(F)(F)F)cc1Cl. The normalized spacial score (nSPS) is 20.9. The zero-order chi connectivity index (χ0) is 17.7. The van der Waals surface area contributed by atoms with Crippen molar-refractivity contribution in [3.8, 4) is 0 Å². The van der Waals surface area contributed by atoms with Gasteiger partial charge < -0.3 is 16.4 Å². The zero-order valence-electron chi connectivity index (χ0n) is 13.0. The van der Waals surface area contributed by atoms with E-state index in [2.05, 4.69) is 15.6 Å². The minimum atomic E-state index is -4.49. The van der Waals surface area contributed by atoms with E-state index < -0.39 is 11.7 Å². The maximum Gasteiger partial charge on any atom is 0.417 e. The van der Waals surface area contributed by atoms with Crippen LogP contribution in [0.4, 0.5) is 19.0 Å². The van der Waals surface area contributed by atoms with Gasteiger partial charge in [0.15, 0.2) is 0 Å². The summed E-state index contributed by atoms with van der Waals surface area (Å²) in [5.74, 6) is 0.307. The van der Waals surface area contributed by atoms with Gasteiger partial charge in [0, 0.05) is 25.2 Å². The summed E-state index contributed by atoms with van der Waals surface area (Å²) in [7, 11) is 0. The highest BCUT2D eigenvalue weighted by atomic mass is 35.5. The van der Waals surface area contributed by atoms with Gasteiger partial charge in [0.2, 0.25) is 5.91 Å². The van der Waals surface area contributed by atoms with Crippen LogP contribution >= 0.6 is 11.6 Å². The standard InChI is InChI=1S/C15H20ClF3N4O/c16-11-6-10(15(17,18)19)8-22-14(11)21-5-4-13(24)23-12-3-1-2-9(12)7-20/h6,8-9,12H,1-5,7,20H2,(H,21,22)(H,23,24). The molecule has 1 aliphatic rings. The zero-order valence-corrected chi connectivity index (χ0v) is 13.8. The van der Waals surface area contributed by atoms with Crippen molar-refractivity contribution in [2.45, 2.75) is 37.9 Å². The first-order valence-electron chi connectivity index (χ1n) is 7.77. The van der Waals surface area contributed by atoms with Crippen molar-refractivity contribution < 1.29 is 18.0 Å². The number of pyridine rings is 1. The highest BCUT2D eigenvalue weighted by molar-refractivity contribution is 6.32. The van der Waals surface area contributed by atoms with Crippen molar-refractivity contribution in [3.05, 3.63) is 22.8 Å². The molecule has 1 saturated carbocycles. The molecule has 5 nitrogen and oxygen atoms in total. The fourth-order valence-corrected chi connectivity index (χ4v) is 3.04. The van der Waals surface area contributed by atoms with Crippen LogP contribution in [0.2, 0.25) is 5.02 Å². The number of anilines is 1. The van der Waals surface area contributed by atoms with Gasteiger partial charge in [0.1, 0.15) is 5.82 Å². The van der Waals surface area contributed by atoms with Crippen molar-refractivity contribution in [2.75, 3.05) is 18.4 Å². The largest absolute Gasteiger partial charge is 0.417 e. The number of amides is 1. The predicted molar refractivity (Wildman–Crippen MR) is 85.7 cm³/mol. The van der Waals surface area contributed by atoms with Crippen molar-refractivity contribution >= 4 is 23.3 Å². The van der Waals surface area contributed by atoms with Gasteiger partial charge >= 0.3 is 6.18 Å². The highest BCUT2D eigenvalue weighted by Crippen LogP contribution is 2.32. The molecule has 24 heavy (non-hydrogen) atoms. The fraction of sp³-hybridized carbons (Fsp3) is 0.600. The minimum absolute atomic E-state index is 0.107. The Morgan fingerprint density at radius 2 is 2.17 bits per heavy atom. The predicted octanol–water partition coefficient (Wildman–Crippen LogP) is 2.80. The van der Waals surface area contributed by atoms with Crippen LogP contribution in [0.15, 0.2) is 12.3 Å². The molecular formula is C15H20ClF3N4O. The molecular weight excluding hydrogens is 345 g/mol. The molecule has 1 aromatic rings. The maximum absolute atomic E-state index is 12.5. The van der Waals surface area contributed by atoms with E-state index >= 15 is 0 Å². The van der Waals surface area contributed by atoms with Gasteiger partial charge in [-0.25, -0.2) is 4.98 Å². The lowest BCUT2D eigenvalue weighted by Gasteiger charge is -2.19. The van der Waals surface area contributed by atoms with Crippen molar-refractivity contribution in [1.29, 1.82) is 0 Å². The van der Waals surface area contributed by atoms with Gasteiger partial charge in [-0.1, -0.05) is 18.0 Å². The quantitative estimate of drug-likeness (QED) is 0.725. The van der Waals surface area contributed by atoms with E-state index in [-0.39, 0.29) is 35.8 Å². The van der Waals surface area contributed by atoms with Crippen molar-refractivity contribution in [3.63, 3.8) is 0 Å². The fourth-order valence-electron chi connectivity index (χ4n) is 2.81. The molecule has 0 bridgehead atoms. The van der Waals surface area contributed by atoms with Crippen molar-refractivity contribution in [1.82, 2.24) is 10.3 Å². The summed E-state index contributed by atoms with van der Waals surface area (Å²) in [6.07, 6.45) is -0.615. The first kappa shape index (κ1) is 18.8. The number of hydrogen-bond acceptors (Lipinski definition) is 4. The number of aromatic nitrogens is 1. The molecule has 1 aliphatic carbocycles. The second-order valence-electron chi connectivity index (χ2n) is 5.83. The molecule has 1 fully saturated rings. The Hall–Kier alpha value is -1.54. The first-order valence-corrected chi connectivity index (χ1v) is 8.15. The van der Waals surface area contributed by atoms with E-state index in [4.69, 9.17) is 17.3 Å². The average molecular weight is 365 g/mol. The van der Waals surface area contributed by atoms with Gasteiger partial charge in [-0.3, -0.25) is 4.79 Å². The summed E-state index contributed by atoms with van der Waals surface area (Å²) in [6, 6.07) is 0.914. The molecule has 0 aliphatic heterocycles. The molecule has 134 valence electrons. The average Bonchev–Trinajstić information content (AvgIpc) is 2.95. The lowest BCUT2D eigenvalue weighted by atomic mass is 10.0. The van der Waals surface area contributed by atoms with Crippen LogP contribution in [0.1, 0.15) is 31.2 Å². The van der Waals surface area contributed by atoms with Gasteiger partial charge in [-0.15, -0.1) is 0 Å². The molecule has 1 aromatic heterocycles. The summed E-state index contributed by atoms with van der Waals surface area (Å²) in [6.45, 7) is 0.776. The molecule has 2 unspecified atom stereocenters. The van der Waals surface area contributed by atoms with E-state index in [1.165, 1.54) is 0 Å². The maximum atomic E-state index is 12.5. The first-order chi connectivity index (χ1) is 11.3. The number of nitrogens with two attached hydrogens (primary N) is 1. The number of alkyl halides is 3. The van der Waals surface area contributed by atoms with Crippen LogP contribution in [0.3, 0.4) is 0 Å². The lowest BCUT2D eigenvalue weighted by Crippen LogP contribution is -2.40. The van der Waals surface area contributed by atoms with E-state index in [9.17, 15) is 18.0 Å². The van der Waals surface area contributed by atoms with E-state index in [1.54, 1.807) is 0 Å². The van der Waals surface area contributed by atoms with Crippen molar-refractivity contribution in [2.24, 2.45) is 11.7 Å². The number of nitrogens with zero attached hydrogens (tertiary/aromatic N) is 1. The smallest absolute Gasteiger partial charge is 0.368 e. The number of nitrogens with one attached hydrogen (secondary N) is 2. The summed E-state index contributed by atoms with van der Waals surface area (Å²) >= 11 is 5.79. The number of hydrogen-bond donors (Lipinski definition) is 3. The molecule has 4 N–H and O–H groups in total. The number of carbonyl (C=O) groups excluding carboxylic acids is 1. The Labute approximate surface area is 143 Å². The Morgan fingerprint density at radius 3 is 2.79 bits per heavy atom. The Balaban J connectivity index is 1.80. The third-order valence-corrected chi connectivity index (χ3v) is 4.41. The Kier molecular flexibility index (Phi) is 6.28.